The summed E-state index contributed by atoms with van der Waals surface area (Å²) in [4.78, 5) is 0. The van der Waals surface area contributed by atoms with Gasteiger partial charge in [-0.3, -0.25) is 0 Å². The molecule has 0 amide bonds. The van der Waals surface area contributed by atoms with Gasteiger partial charge in [-0.15, -0.1) is 11.3 Å². The molecule has 0 unspecified atom stereocenters. The smallest absolute Gasteiger partial charge is 0.145 e. The lowest BCUT2D eigenvalue weighted by molar-refractivity contribution is 0.673. The van der Waals surface area contributed by atoms with Gasteiger partial charge < -0.3 is 8.98 Å². The fourth-order valence-electron chi connectivity index (χ4n) is 7.43. The minimum absolute atomic E-state index is 0.625. The molecule has 3 heterocycles. The highest BCUT2D eigenvalue weighted by atomic mass is 32.1. The van der Waals surface area contributed by atoms with Crippen LogP contribution in [0.2, 0.25) is 0 Å². The molecule has 0 radical (unpaired) electrons. The third-order valence-electron chi connectivity index (χ3n) is 9.65. The van der Waals surface area contributed by atoms with E-state index in [0.717, 1.165) is 87.2 Å². The third-order valence-corrected chi connectivity index (χ3v) is 10.8. The molecule has 49 heavy (non-hydrogen) atoms. The molecule has 0 spiro atoms. The number of fused-ring (bicyclic) bond motifs is 10. The first kappa shape index (κ1) is 27.5. The Balaban J connectivity index is 1.29. The Bertz CT molecular complexity index is 3090. The van der Waals surface area contributed by atoms with E-state index in [-0.39, 0.29) is 0 Å². The van der Waals surface area contributed by atoms with E-state index >= 15 is 0 Å². The van der Waals surface area contributed by atoms with Gasteiger partial charge >= 0.3 is 0 Å². The van der Waals surface area contributed by atoms with Crippen LogP contribution < -0.4 is 0 Å². The van der Waals surface area contributed by atoms with Crippen LogP contribution in [0.15, 0.2) is 144 Å². The molecule has 5 heteroatoms. The summed E-state index contributed by atoms with van der Waals surface area (Å²) in [6.07, 6.45) is 0. The summed E-state index contributed by atoms with van der Waals surface area (Å²) in [6, 6.07) is 52.6. The van der Waals surface area contributed by atoms with Gasteiger partial charge in [0.1, 0.15) is 11.2 Å². The van der Waals surface area contributed by atoms with E-state index in [1.54, 1.807) is 11.3 Å². The first-order valence-corrected chi connectivity index (χ1v) is 16.9. The second kappa shape index (κ2) is 10.4. The standard InChI is InChI=1S/C44H23N3OS/c45-24-26-13-17-41-36(19-26)37-23-27(14-18-42(37)49-41)29-20-30(32-8-2-1-7-28(32)25-46)22-31(21-29)47-38-11-5-3-10-35(38)43-39(47)16-15-34-33-9-4-6-12-40(33)48-44(34)43/h1-23H. The van der Waals surface area contributed by atoms with Crippen LogP contribution in [0.4, 0.5) is 0 Å². The number of benzene rings is 7. The summed E-state index contributed by atoms with van der Waals surface area (Å²) in [6.45, 7) is 0. The first-order valence-electron chi connectivity index (χ1n) is 16.0. The summed E-state index contributed by atoms with van der Waals surface area (Å²) >= 11 is 1.74. The number of hydrogen-bond acceptors (Lipinski definition) is 4. The highest BCUT2D eigenvalue weighted by Crippen LogP contribution is 2.43. The van der Waals surface area contributed by atoms with E-state index in [1.807, 2.05) is 54.6 Å². The average molecular weight is 642 g/mol. The number of para-hydroxylation sites is 2. The molecule has 0 N–H and O–H groups in total. The van der Waals surface area contributed by atoms with Crippen LogP contribution in [0.3, 0.4) is 0 Å². The topological polar surface area (TPSA) is 65.7 Å². The van der Waals surface area contributed by atoms with Crippen molar-refractivity contribution in [1.82, 2.24) is 4.57 Å². The van der Waals surface area contributed by atoms with Crippen LogP contribution in [0.1, 0.15) is 11.1 Å². The van der Waals surface area contributed by atoms with Gasteiger partial charge in [-0.05, 0) is 101 Å². The van der Waals surface area contributed by atoms with Gasteiger partial charge in [0.2, 0.25) is 0 Å². The predicted molar refractivity (Wildman–Crippen MR) is 201 cm³/mol. The third kappa shape index (κ3) is 4.07. The predicted octanol–water partition coefficient (Wildman–Crippen LogP) is 12.1. The maximum absolute atomic E-state index is 10.1. The number of thiophene rings is 1. The van der Waals surface area contributed by atoms with Crippen molar-refractivity contribution in [2.24, 2.45) is 0 Å². The van der Waals surface area contributed by atoms with Crippen LogP contribution in [0.25, 0.3) is 91.9 Å². The lowest BCUT2D eigenvalue weighted by atomic mass is 9.94. The second-order valence-electron chi connectivity index (χ2n) is 12.3. The Morgan fingerprint density at radius 2 is 1.29 bits per heavy atom. The van der Waals surface area contributed by atoms with E-state index in [0.29, 0.717) is 11.1 Å². The van der Waals surface area contributed by atoms with Crippen molar-refractivity contribution >= 4 is 75.3 Å². The molecule has 0 aliphatic carbocycles. The van der Waals surface area contributed by atoms with E-state index in [9.17, 15) is 10.5 Å². The maximum Gasteiger partial charge on any atom is 0.145 e. The van der Waals surface area contributed by atoms with Crippen molar-refractivity contribution in [1.29, 1.82) is 10.5 Å². The van der Waals surface area contributed by atoms with Crippen molar-refractivity contribution in [3.63, 3.8) is 0 Å². The van der Waals surface area contributed by atoms with Crippen molar-refractivity contribution in [3.8, 4) is 40.1 Å². The van der Waals surface area contributed by atoms with E-state index in [2.05, 4.69) is 102 Å². The Morgan fingerprint density at radius 1 is 0.531 bits per heavy atom. The van der Waals surface area contributed by atoms with E-state index < -0.39 is 0 Å². The molecular weight excluding hydrogens is 619 g/mol. The summed E-state index contributed by atoms with van der Waals surface area (Å²) in [5.41, 5.74) is 10.1. The summed E-state index contributed by atoms with van der Waals surface area (Å²) in [5, 5.41) is 26.3. The van der Waals surface area contributed by atoms with Crippen LogP contribution in [0, 0.1) is 22.7 Å². The number of hydrogen-bond donors (Lipinski definition) is 0. The van der Waals surface area contributed by atoms with Gasteiger partial charge in [0.05, 0.1) is 39.7 Å². The number of aromatic nitrogens is 1. The SMILES string of the molecule is N#Cc1ccc2sc3ccc(-c4cc(-c5ccccc5C#N)cc(-n5c6ccccc6c6c7oc8ccccc8c7ccc65)c4)cc3c2c1. The van der Waals surface area contributed by atoms with Crippen molar-refractivity contribution in [3.05, 3.63) is 151 Å². The molecule has 10 rings (SSSR count). The van der Waals surface area contributed by atoms with E-state index in [1.165, 1.54) is 4.70 Å². The molecule has 0 aliphatic heterocycles. The molecule has 3 aromatic heterocycles. The number of furan rings is 1. The number of rotatable bonds is 3. The fraction of sp³-hybridized carbons (Fsp3) is 0. The monoisotopic (exact) mass is 641 g/mol. The first-order chi connectivity index (χ1) is 24.2. The molecule has 0 bridgehead atoms. The maximum atomic E-state index is 10.1. The molecule has 10 aromatic rings. The number of nitriles is 2. The molecule has 0 atom stereocenters. The highest BCUT2D eigenvalue weighted by molar-refractivity contribution is 7.25. The van der Waals surface area contributed by atoms with Crippen LogP contribution in [0.5, 0.6) is 0 Å². The Kier molecular flexibility index (Phi) is 5.84. The summed E-state index contributed by atoms with van der Waals surface area (Å²) < 4.78 is 11.2. The van der Waals surface area contributed by atoms with Crippen LogP contribution in [-0.4, -0.2) is 4.57 Å². The molecule has 0 aliphatic rings. The largest absolute Gasteiger partial charge is 0.455 e. The lowest BCUT2D eigenvalue weighted by Gasteiger charge is -2.15. The Labute approximate surface area is 284 Å². The summed E-state index contributed by atoms with van der Waals surface area (Å²) in [7, 11) is 0. The Morgan fingerprint density at radius 3 is 2.16 bits per heavy atom. The second-order valence-corrected chi connectivity index (χ2v) is 13.4. The zero-order valence-electron chi connectivity index (χ0n) is 25.9. The van der Waals surface area contributed by atoms with Crippen LogP contribution in [-0.2, 0) is 0 Å². The summed E-state index contributed by atoms with van der Waals surface area (Å²) in [5.74, 6) is 0. The highest BCUT2D eigenvalue weighted by Gasteiger charge is 2.20. The average Bonchev–Trinajstić information content (AvgIpc) is 3.83. The zero-order chi connectivity index (χ0) is 32.6. The van der Waals surface area contributed by atoms with Gasteiger partial charge in [0, 0.05) is 42.0 Å². The van der Waals surface area contributed by atoms with Crippen molar-refractivity contribution < 1.29 is 4.42 Å². The van der Waals surface area contributed by atoms with Crippen molar-refractivity contribution in [2.75, 3.05) is 0 Å². The molecule has 0 saturated heterocycles. The van der Waals surface area contributed by atoms with Gasteiger partial charge in [0.15, 0.2) is 0 Å². The normalized spacial score (nSPS) is 11.6. The van der Waals surface area contributed by atoms with Crippen LogP contribution >= 0.6 is 11.3 Å². The minimum Gasteiger partial charge on any atom is -0.455 e. The zero-order valence-corrected chi connectivity index (χ0v) is 26.8. The van der Waals surface area contributed by atoms with Gasteiger partial charge in [-0.2, -0.15) is 10.5 Å². The minimum atomic E-state index is 0.625. The number of nitrogens with zero attached hydrogens (tertiary/aromatic N) is 3. The molecule has 4 nitrogen and oxygen atoms in total. The van der Waals surface area contributed by atoms with Gasteiger partial charge in [-0.1, -0.05) is 60.7 Å². The molecule has 226 valence electrons. The van der Waals surface area contributed by atoms with Gasteiger partial charge in [0.25, 0.3) is 0 Å². The molecule has 0 saturated carbocycles. The molecular formula is C44H23N3OS. The Hall–Kier alpha value is -6.66. The van der Waals surface area contributed by atoms with E-state index in [4.69, 9.17) is 4.42 Å². The fourth-order valence-corrected chi connectivity index (χ4v) is 8.50. The molecule has 7 aromatic carbocycles. The molecule has 0 fully saturated rings. The lowest BCUT2D eigenvalue weighted by Crippen LogP contribution is -1.96. The van der Waals surface area contributed by atoms with Gasteiger partial charge in [-0.25, -0.2) is 0 Å². The quantitative estimate of drug-likeness (QED) is 0.193. The van der Waals surface area contributed by atoms with Crippen molar-refractivity contribution in [2.45, 2.75) is 0 Å².